The lowest BCUT2D eigenvalue weighted by molar-refractivity contribution is 0.142. The number of anilines is 1. The van der Waals surface area contributed by atoms with Crippen LogP contribution in [-0.2, 0) is 6.54 Å². The minimum atomic E-state index is -0.390. The van der Waals surface area contributed by atoms with Gasteiger partial charge >= 0.3 is 6.03 Å². The van der Waals surface area contributed by atoms with Crippen LogP contribution in [0.2, 0.25) is 0 Å². The molecule has 180 valence electrons. The molecule has 2 amide bonds. The first-order chi connectivity index (χ1) is 16.9. The number of carbonyl (C=O) groups excluding carboxylic acids is 1. The van der Waals surface area contributed by atoms with Crippen LogP contribution in [0.25, 0.3) is 15.5 Å². The molecule has 3 heterocycles. The number of nitrogens with one attached hydrogen (secondary N) is 1. The van der Waals surface area contributed by atoms with Gasteiger partial charge in [0, 0.05) is 50.0 Å². The van der Waals surface area contributed by atoms with E-state index in [9.17, 15) is 14.0 Å². The Balaban J connectivity index is 1.23. The lowest BCUT2D eigenvalue weighted by Crippen LogP contribution is -2.49. The number of piperazine rings is 1. The van der Waals surface area contributed by atoms with E-state index in [-0.39, 0.29) is 17.4 Å². The molecule has 2 aromatic carbocycles. The van der Waals surface area contributed by atoms with Crippen LogP contribution in [0.4, 0.5) is 14.9 Å². The maximum Gasteiger partial charge on any atom is 0.321 e. The second-order valence-electron chi connectivity index (χ2n) is 8.66. The van der Waals surface area contributed by atoms with Crippen molar-refractivity contribution in [3.8, 4) is 10.6 Å². The molecular formula is C25H25FN6O2S. The highest BCUT2D eigenvalue weighted by Crippen LogP contribution is 2.26. The molecule has 1 saturated heterocycles. The van der Waals surface area contributed by atoms with Crippen molar-refractivity contribution < 1.29 is 9.18 Å². The first kappa shape index (κ1) is 23.1. The molecule has 1 aliphatic rings. The number of benzene rings is 2. The summed E-state index contributed by atoms with van der Waals surface area (Å²) >= 11 is 1.18. The fourth-order valence-corrected chi connectivity index (χ4v) is 4.99. The molecule has 0 aliphatic carbocycles. The molecule has 35 heavy (non-hydrogen) atoms. The molecule has 0 spiro atoms. The molecule has 1 fully saturated rings. The molecule has 0 bridgehead atoms. The van der Waals surface area contributed by atoms with Crippen LogP contribution in [0.15, 0.2) is 53.3 Å². The predicted molar refractivity (Wildman–Crippen MR) is 134 cm³/mol. The fraction of sp³-hybridized carbons (Fsp3) is 0.280. The van der Waals surface area contributed by atoms with Gasteiger partial charge in [-0.1, -0.05) is 29.5 Å². The van der Waals surface area contributed by atoms with E-state index in [1.54, 1.807) is 23.1 Å². The lowest BCUT2D eigenvalue weighted by Gasteiger charge is -2.34. The van der Waals surface area contributed by atoms with Gasteiger partial charge in [0.2, 0.25) is 4.96 Å². The summed E-state index contributed by atoms with van der Waals surface area (Å²) in [6.07, 6.45) is 0. The molecule has 0 unspecified atom stereocenters. The van der Waals surface area contributed by atoms with E-state index in [1.807, 2.05) is 32.0 Å². The van der Waals surface area contributed by atoms with Crippen molar-refractivity contribution in [1.82, 2.24) is 24.4 Å². The Morgan fingerprint density at radius 1 is 1.06 bits per heavy atom. The van der Waals surface area contributed by atoms with Crippen molar-refractivity contribution in [2.24, 2.45) is 0 Å². The number of amides is 2. The van der Waals surface area contributed by atoms with Crippen molar-refractivity contribution in [3.05, 3.63) is 81.5 Å². The monoisotopic (exact) mass is 492 g/mol. The quantitative estimate of drug-likeness (QED) is 0.467. The summed E-state index contributed by atoms with van der Waals surface area (Å²) < 4.78 is 15.4. The number of aromatic nitrogens is 3. The van der Waals surface area contributed by atoms with E-state index >= 15 is 0 Å². The molecule has 8 nitrogen and oxygen atoms in total. The number of aryl methyl sites for hydroxylation is 2. The van der Waals surface area contributed by atoms with Crippen LogP contribution < -0.4 is 10.9 Å². The van der Waals surface area contributed by atoms with E-state index in [1.165, 1.54) is 33.5 Å². The topological polar surface area (TPSA) is 82.8 Å². The van der Waals surface area contributed by atoms with E-state index in [0.29, 0.717) is 53.9 Å². The van der Waals surface area contributed by atoms with Crippen LogP contribution in [0.5, 0.6) is 0 Å². The van der Waals surface area contributed by atoms with Gasteiger partial charge in [-0.25, -0.2) is 14.2 Å². The molecule has 0 radical (unpaired) electrons. The van der Waals surface area contributed by atoms with Crippen molar-refractivity contribution in [2.45, 2.75) is 20.4 Å². The van der Waals surface area contributed by atoms with Crippen LogP contribution in [0, 0.1) is 19.7 Å². The number of halogens is 1. The Morgan fingerprint density at radius 3 is 2.57 bits per heavy atom. The van der Waals surface area contributed by atoms with E-state index in [0.717, 1.165) is 11.3 Å². The van der Waals surface area contributed by atoms with Crippen LogP contribution in [0.1, 0.15) is 16.8 Å². The number of hydrogen-bond donors (Lipinski definition) is 1. The highest BCUT2D eigenvalue weighted by Gasteiger charge is 2.22. The minimum absolute atomic E-state index is 0.115. The zero-order valence-electron chi connectivity index (χ0n) is 19.5. The molecular weight excluding hydrogens is 467 g/mol. The predicted octanol–water partition coefficient (Wildman–Crippen LogP) is 3.92. The number of rotatable bonds is 4. The van der Waals surface area contributed by atoms with Gasteiger partial charge in [0.05, 0.1) is 5.69 Å². The van der Waals surface area contributed by atoms with Crippen LogP contribution in [-0.4, -0.2) is 56.6 Å². The summed E-state index contributed by atoms with van der Waals surface area (Å²) in [6.45, 7) is 7.05. The second kappa shape index (κ2) is 9.55. The van der Waals surface area contributed by atoms with Gasteiger partial charge in [0.1, 0.15) is 5.82 Å². The number of nitrogens with zero attached hydrogens (tertiary/aromatic N) is 5. The second-order valence-corrected chi connectivity index (χ2v) is 9.62. The zero-order chi connectivity index (χ0) is 24.5. The number of hydrogen-bond acceptors (Lipinski definition) is 6. The Kier molecular flexibility index (Phi) is 6.31. The highest BCUT2D eigenvalue weighted by molar-refractivity contribution is 7.19. The van der Waals surface area contributed by atoms with Crippen LogP contribution >= 0.6 is 11.3 Å². The average molecular weight is 493 g/mol. The molecule has 10 heteroatoms. The average Bonchev–Trinajstić information content (AvgIpc) is 3.27. The van der Waals surface area contributed by atoms with Crippen molar-refractivity contribution in [2.75, 3.05) is 31.5 Å². The van der Waals surface area contributed by atoms with E-state index in [2.05, 4.69) is 20.3 Å². The molecule has 0 saturated carbocycles. The molecule has 4 aromatic rings. The summed E-state index contributed by atoms with van der Waals surface area (Å²) in [5.74, 6) is -0.390. The Labute approximate surface area is 205 Å². The summed E-state index contributed by atoms with van der Waals surface area (Å²) in [6, 6.07) is 13.6. The SMILES string of the molecule is Cc1ccc(NC(=O)N2CCN(Cc3cc(=O)n4nc(-c5ccccc5F)sc4n3)CC2)cc1C. The Hall–Kier alpha value is -3.63. The van der Waals surface area contributed by atoms with Gasteiger partial charge in [-0.15, -0.1) is 0 Å². The van der Waals surface area contributed by atoms with Gasteiger partial charge in [0.15, 0.2) is 5.01 Å². The summed E-state index contributed by atoms with van der Waals surface area (Å²) in [5.41, 5.74) is 3.79. The van der Waals surface area contributed by atoms with Gasteiger partial charge in [0.25, 0.3) is 5.56 Å². The minimum Gasteiger partial charge on any atom is -0.322 e. The first-order valence-electron chi connectivity index (χ1n) is 11.4. The Morgan fingerprint density at radius 2 is 1.83 bits per heavy atom. The smallest absolute Gasteiger partial charge is 0.321 e. The molecule has 1 aliphatic heterocycles. The highest BCUT2D eigenvalue weighted by atomic mass is 32.1. The zero-order valence-corrected chi connectivity index (χ0v) is 20.3. The number of urea groups is 1. The molecule has 5 rings (SSSR count). The molecule has 1 N–H and O–H groups in total. The number of carbonyl (C=O) groups is 1. The van der Waals surface area contributed by atoms with Crippen LogP contribution in [0.3, 0.4) is 0 Å². The van der Waals surface area contributed by atoms with Gasteiger partial charge in [-0.2, -0.15) is 9.61 Å². The van der Waals surface area contributed by atoms with E-state index < -0.39 is 0 Å². The number of fused-ring (bicyclic) bond motifs is 1. The standard InChI is InChI=1S/C25H25FN6O2S/c1-16-7-8-18(13-17(16)2)27-24(34)31-11-9-30(10-12-31)15-19-14-22(33)32-25(28-19)35-23(29-32)20-5-3-4-6-21(20)26/h3-8,13-14H,9-12,15H2,1-2H3,(H,27,34). The first-order valence-corrected chi connectivity index (χ1v) is 12.2. The summed E-state index contributed by atoms with van der Waals surface area (Å²) in [4.78, 5) is 34.3. The third-order valence-corrected chi connectivity index (χ3v) is 7.15. The van der Waals surface area contributed by atoms with Gasteiger partial charge in [-0.05, 0) is 49.2 Å². The third kappa shape index (κ3) is 4.94. The maximum atomic E-state index is 14.2. The lowest BCUT2D eigenvalue weighted by atomic mass is 10.1. The van der Waals surface area contributed by atoms with Crippen molar-refractivity contribution in [3.63, 3.8) is 0 Å². The normalized spacial score (nSPS) is 14.4. The summed E-state index contributed by atoms with van der Waals surface area (Å²) in [7, 11) is 0. The molecule has 0 atom stereocenters. The fourth-order valence-electron chi connectivity index (χ4n) is 4.04. The van der Waals surface area contributed by atoms with Gasteiger partial charge < -0.3 is 10.2 Å². The van der Waals surface area contributed by atoms with Crippen molar-refractivity contribution >= 4 is 28.0 Å². The Bertz CT molecular complexity index is 1460. The van der Waals surface area contributed by atoms with Gasteiger partial charge in [-0.3, -0.25) is 9.69 Å². The van der Waals surface area contributed by atoms with E-state index in [4.69, 9.17) is 0 Å². The van der Waals surface area contributed by atoms with Crippen molar-refractivity contribution in [1.29, 1.82) is 0 Å². The summed E-state index contributed by atoms with van der Waals surface area (Å²) in [5, 5.41) is 7.64. The third-order valence-electron chi connectivity index (χ3n) is 6.21. The maximum absolute atomic E-state index is 14.2. The largest absolute Gasteiger partial charge is 0.322 e. The molecule has 2 aromatic heterocycles.